The van der Waals surface area contributed by atoms with Gasteiger partial charge >= 0.3 is 0 Å². The number of hydrogen-bond acceptors (Lipinski definition) is 4. The first-order valence-electron chi connectivity index (χ1n) is 7.03. The Morgan fingerprint density at radius 2 is 1.95 bits per heavy atom. The maximum Gasteiger partial charge on any atom is 0.209 e. The van der Waals surface area contributed by atoms with Gasteiger partial charge < -0.3 is 0 Å². The van der Waals surface area contributed by atoms with Gasteiger partial charge in [0.15, 0.2) is 5.82 Å². The van der Waals surface area contributed by atoms with Crippen molar-refractivity contribution in [2.45, 2.75) is 31.7 Å². The van der Waals surface area contributed by atoms with Crippen LogP contribution < -0.4 is 4.72 Å². The molecule has 0 unspecified atom stereocenters. The predicted molar refractivity (Wildman–Crippen MR) is 84.7 cm³/mol. The Bertz CT molecular complexity index is 782. The number of halogens is 1. The first-order chi connectivity index (χ1) is 10.3. The largest absolute Gasteiger partial charge is 0.216 e. The maximum atomic E-state index is 11.5. The third-order valence-electron chi connectivity index (χ3n) is 3.44. The third-order valence-corrected chi connectivity index (χ3v) is 4.47. The summed E-state index contributed by atoms with van der Waals surface area (Å²) in [6.45, 7) is 1.76. The van der Waals surface area contributed by atoms with Gasteiger partial charge in [-0.2, -0.15) is 5.10 Å². The van der Waals surface area contributed by atoms with Crippen LogP contribution in [0.3, 0.4) is 0 Å². The molecule has 1 N–H and O–H groups in total. The average molecular weight is 341 g/mol. The van der Waals surface area contributed by atoms with Crippen LogP contribution in [0, 0.1) is 0 Å². The zero-order chi connectivity index (χ0) is 15.9. The summed E-state index contributed by atoms with van der Waals surface area (Å²) in [7, 11) is -3.32. The fourth-order valence-corrected chi connectivity index (χ4v) is 3.16. The summed E-state index contributed by atoms with van der Waals surface area (Å²) in [6.07, 6.45) is 3.30. The summed E-state index contributed by atoms with van der Waals surface area (Å²) in [5, 5.41) is 5.19. The van der Waals surface area contributed by atoms with Crippen LogP contribution in [0.1, 0.15) is 43.4 Å². The molecule has 0 saturated heterocycles. The summed E-state index contributed by atoms with van der Waals surface area (Å²) >= 11 is 5.92. The number of nitrogens with zero attached hydrogens (tertiary/aromatic N) is 3. The Morgan fingerprint density at radius 1 is 1.32 bits per heavy atom. The van der Waals surface area contributed by atoms with Crippen LogP contribution in [-0.2, 0) is 10.0 Å². The highest BCUT2D eigenvalue weighted by molar-refractivity contribution is 7.88. The number of benzene rings is 1. The molecule has 1 heterocycles. The molecular weight excluding hydrogens is 324 g/mol. The van der Waals surface area contributed by atoms with Crippen LogP contribution in [0.15, 0.2) is 24.3 Å². The van der Waals surface area contributed by atoms with Crippen LogP contribution in [0.5, 0.6) is 0 Å². The number of sulfonamides is 1. The molecule has 1 aliphatic carbocycles. The fraction of sp³-hybridized carbons (Fsp3) is 0.429. The van der Waals surface area contributed by atoms with Crippen LogP contribution in [0.2, 0.25) is 5.02 Å². The average Bonchev–Trinajstić information content (AvgIpc) is 3.17. The zero-order valence-corrected chi connectivity index (χ0v) is 13.9. The van der Waals surface area contributed by atoms with E-state index in [1.807, 2.05) is 12.1 Å². The second-order valence-electron chi connectivity index (χ2n) is 5.60. The molecule has 1 aromatic heterocycles. The molecule has 22 heavy (non-hydrogen) atoms. The standard InChI is InChI=1S/C14H17ClN4O2S/c1-9(18-22(2,20)21)14-16-13(10-3-4-10)17-19(14)12-7-5-11(15)6-8-12/h5-10,18H,3-4H2,1-2H3/t9-/m1/s1. The van der Waals surface area contributed by atoms with Crippen LogP contribution in [-0.4, -0.2) is 29.4 Å². The van der Waals surface area contributed by atoms with Crippen molar-refractivity contribution >= 4 is 21.6 Å². The lowest BCUT2D eigenvalue weighted by Gasteiger charge is -2.13. The monoisotopic (exact) mass is 340 g/mol. The Kier molecular flexibility index (Phi) is 3.96. The van der Waals surface area contributed by atoms with Crippen LogP contribution >= 0.6 is 11.6 Å². The third kappa shape index (κ3) is 3.48. The van der Waals surface area contributed by atoms with Crippen LogP contribution in [0.4, 0.5) is 0 Å². The van der Waals surface area contributed by atoms with Crippen molar-refractivity contribution in [1.82, 2.24) is 19.5 Å². The molecule has 0 aliphatic heterocycles. The second kappa shape index (κ2) is 5.64. The van der Waals surface area contributed by atoms with Crippen molar-refractivity contribution < 1.29 is 8.42 Å². The van der Waals surface area contributed by atoms with Gasteiger partial charge in [0.05, 0.1) is 18.0 Å². The molecule has 118 valence electrons. The lowest BCUT2D eigenvalue weighted by Crippen LogP contribution is -2.27. The molecule has 1 fully saturated rings. The van der Waals surface area contributed by atoms with E-state index in [-0.39, 0.29) is 0 Å². The van der Waals surface area contributed by atoms with Gasteiger partial charge in [-0.05, 0) is 44.0 Å². The highest BCUT2D eigenvalue weighted by Gasteiger charge is 2.30. The van der Waals surface area contributed by atoms with E-state index < -0.39 is 16.1 Å². The van der Waals surface area contributed by atoms with E-state index >= 15 is 0 Å². The minimum Gasteiger partial charge on any atom is -0.216 e. The normalized spacial score (nSPS) is 16.7. The Hall–Kier alpha value is -1.44. The maximum absolute atomic E-state index is 11.5. The Labute approximate surface area is 134 Å². The molecule has 1 saturated carbocycles. The van der Waals surface area contributed by atoms with Gasteiger partial charge in [0.1, 0.15) is 5.82 Å². The van der Waals surface area contributed by atoms with Crippen molar-refractivity contribution in [3.63, 3.8) is 0 Å². The SMILES string of the molecule is C[C@@H](NS(C)(=O)=O)c1nc(C2CC2)nn1-c1ccc(Cl)cc1. The summed E-state index contributed by atoms with van der Waals surface area (Å²) in [6, 6.07) is 6.75. The lowest BCUT2D eigenvalue weighted by atomic mass is 10.3. The molecule has 1 atom stereocenters. The highest BCUT2D eigenvalue weighted by atomic mass is 35.5. The van der Waals surface area contributed by atoms with E-state index in [0.29, 0.717) is 16.8 Å². The van der Waals surface area contributed by atoms with Gasteiger partial charge in [-0.25, -0.2) is 22.8 Å². The van der Waals surface area contributed by atoms with E-state index in [0.717, 1.165) is 30.6 Å². The van der Waals surface area contributed by atoms with Gasteiger partial charge in [-0.15, -0.1) is 0 Å². The number of nitrogens with one attached hydrogen (secondary N) is 1. The van der Waals surface area contributed by atoms with E-state index in [9.17, 15) is 8.42 Å². The highest BCUT2D eigenvalue weighted by Crippen LogP contribution is 2.38. The smallest absolute Gasteiger partial charge is 0.209 e. The first kappa shape index (κ1) is 15.5. The molecule has 0 spiro atoms. The van der Waals surface area contributed by atoms with Crippen molar-refractivity contribution in [2.24, 2.45) is 0 Å². The Morgan fingerprint density at radius 3 is 2.50 bits per heavy atom. The van der Waals surface area contributed by atoms with Gasteiger partial charge in [-0.1, -0.05) is 11.6 Å². The van der Waals surface area contributed by atoms with Gasteiger partial charge in [0.2, 0.25) is 10.0 Å². The molecule has 6 nitrogen and oxygen atoms in total. The Balaban J connectivity index is 2.01. The predicted octanol–water partition coefficient (Wildman–Crippen LogP) is 2.41. The van der Waals surface area contributed by atoms with Crippen molar-refractivity contribution in [2.75, 3.05) is 6.26 Å². The molecule has 1 aromatic carbocycles. The number of aromatic nitrogens is 3. The van der Waals surface area contributed by atoms with E-state index in [1.54, 1.807) is 23.7 Å². The summed E-state index contributed by atoms with van der Waals surface area (Å²) in [4.78, 5) is 4.55. The molecule has 2 aromatic rings. The van der Waals surface area contributed by atoms with Gasteiger partial charge in [0.25, 0.3) is 0 Å². The van der Waals surface area contributed by atoms with Crippen molar-refractivity contribution in [3.05, 3.63) is 40.9 Å². The lowest BCUT2D eigenvalue weighted by molar-refractivity contribution is 0.560. The van der Waals surface area contributed by atoms with Gasteiger partial charge in [0, 0.05) is 10.9 Å². The molecule has 0 amide bonds. The molecule has 0 bridgehead atoms. The first-order valence-corrected chi connectivity index (χ1v) is 9.30. The fourth-order valence-electron chi connectivity index (χ4n) is 2.28. The summed E-state index contributed by atoms with van der Waals surface area (Å²) in [5.74, 6) is 1.74. The molecule has 0 radical (unpaired) electrons. The minimum atomic E-state index is -3.32. The van der Waals surface area contributed by atoms with E-state index in [1.165, 1.54) is 0 Å². The molecule has 8 heteroatoms. The van der Waals surface area contributed by atoms with Crippen LogP contribution in [0.25, 0.3) is 5.69 Å². The van der Waals surface area contributed by atoms with E-state index in [4.69, 9.17) is 11.6 Å². The number of rotatable bonds is 5. The van der Waals surface area contributed by atoms with Gasteiger partial charge in [-0.3, -0.25) is 0 Å². The summed E-state index contributed by atoms with van der Waals surface area (Å²) < 4.78 is 27.2. The number of hydrogen-bond donors (Lipinski definition) is 1. The molecule has 3 rings (SSSR count). The molecule has 1 aliphatic rings. The van der Waals surface area contributed by atoms with Crippen molar-refractivity contribution in [1.29, 1.82) is 0 Å². The molecular formula is C14H17ClN4O2S. The zero-order valence-electron chi connectivity index (χ0n) is 12.3. The second-order valence-corrected chi connectivity index (χ2v) is 7.82. The van der Waals surface area contributed by atoms with Crippen molar-refractivity contribution in [3.8, 4) is 5.69 Å². The van der Waals surface area contributed by atoms with E-state index in [2.05, 4.69) is 14.8 Å². The quantitative estimate of drug-likeness (QED) is 0.906. The topological polar surface area (TPSA) is 76.9 Å². The summed E-state index contributed by atoms with van der Waals surface area (Å²) in [5.41, 5.74) is 0.806. The minimum absolute atomic E-state index is 0.387.